The van der Waals surface area contributed by atoms with Crippen molar-refractivity contribution in [2.75, 3.05) is 12.8 Å². The predicted molar refractivity (Wildman–Crippen MR) is 128 cm³/mol. The number of hydrogen-bond donors (Lipinski definition) is 3. The topological polar surface area (TPSA) is 82.2 Å². The Balaban J connectivity index is 0.00000280. The lowest BCUT2D eigenvalue weighted by Crippen LogP contribution is -2.46. The van der Waals surface area contributed by atoms with Crippen LogP contribution in [0.5, 0.6) is 0 Å². The second kappa shape index (κ2) is 11.5. The number of H-pyrrole nitrogens is 1. The Hall–Kier alpha value is -1.42. The molecule has 28 heavy (non-hydrogen) atoms. The van der Waals surface area contributed by atoms with Gasteiger partial charge in [0.1, 0.15) is 5.82 Å². The Morgan fingerprint density at radius 1 is 1.32 bits per heavy atom. The highest BCUT2D eigenvalue weighted by molar-refractivity contribution is 14.0. The first-order chi connectivity index (χ1) is 13.2. The number of nitrogens with zero attached hydrogens (tertiary/aromatic N) is 2. The molecule has 1 fully saturated rings. The Labute approximate surface area is 186 Å². The van der Waals surface area contributed by atoms with E-state index in [4.69, 9.17) is 0 Å². The first-order valence-corrected chi connectivity index (χ1v) is 11.0. The number of nitrogens with one attached hydrogen (secondary N) is 3. The molecular weight excluding hydrogens is 485 g/mol. The third-order valence-electron chi connectivity index (χ3n) is 4.98. The maximum atomic E-state index is 12.1. The summed E-state index contributed by atoms with van der Waals surface area (Å²) in [5.74, 6) is 2.37. The van der Waals surface area contributed by atoms with Gasteiger partial charge in [0.05, 0.1) is 18.4 Å². The minimum absolute atomic E-state index is 0. The van der Waals surface area contributed by atoms with Crippen LogP contribution < -0.4 is 10.6 Å². The molecule has 1 aromatic carbocycles. The van der Waals surface area contributed by atoms with Gasteiger partial charge in [-0.1, -0.05) is 43.7 Å². The molecular formula is C20H30IN5OS. The van der Waals surface area contributed by atoms with E-state index in [1.807, 2.05) is 31.3 Å². The standard InChI is InChI=1S/C20H29N5OS.HI/c1-3-27(26)17-11-7-10-16(12-17)24-20(21-2)23-14-19-22-13-18(25-19)15-8-5-4-6-9-15;/h4-6,8-9,13,16-17H,3,7,10-12,14H2,1-2H3,(H,22,25)(H2,21,23,24);1H. The summed E-state index contributed by atoms with van der Waals surface area (Å²) in [6.45, 7) is 2.57. The summed E-state index contributed by atoms with van der Waals surface area (Å²) in [6.07, 6.45) is 6.08. The summed E-state index contributed by atoms with van der Waals surface area (Å²) in [4.78, 5) is 12.1. The van der Waals surface area contributed by atoms with Gasteiger partial charge in [-0.15, -0.1) is 24.0 Å². The molecule has 0 radical (unpaired) electrons. The predicted octanol–water partition coefficient (Wildman–Crippen LogP) is 3.44. The summed E-state index contributed by atoms with van der Waals surface area (Å²) in [7, 11) is 1.06. The molecule has 0 spiro atoms. The molecule has 3 atom stereocenters. The summed E-state index contributed by atoms with van der Waals surface area (Å²) in [6, 6.07) is 10.5. The van der Waals surface area contributed by atoms with E-state index in [0.29, 0.717) is 17.8 Å². The molecule has 3 rings (SSSR count). The van der Waals surface area contributed by atoms with Crippen LogP contribution in [-0.4, -0.2) is 44.2 Å². The highest BCUT2D eigenvalue weighted by atomic mass is 127. The summed E-state index contributed by atoms with van der Waals surface area (Å²) in [5.41, 5.74) is 2.13. The SMILES string of the molecule is CCS(=O)C1CCCC(NC(=NC)NCc2ncc(-c3ccccc3)[nH]2)C1.I. The van der Waals surface area contributed by atoms with Gasteiger partial charge in [-0.2, -0.15) is 0 Å². The van der Waals surface area contributed by atoms with E-state index < -0.39 is 10.8 Å². The van der Waals surface area contributed by atoms with Crippen LogP contribution >= 0.6 is 24.0 Å². The van der Waals surface area contributed by atoms with Crippen LogP contribution in [0.15, 0.2) is 41.5 Å². The zero-order valence-corrected chi connectivity index (χ0v) is 19.6. The lowest BCUT2D eigenvalue weighted by Gasteiger charge is -2.30. The lowest BCUT2D eigenvalue weighted by molar-refractivity contribution is 0.413. The third-order valence-corrected chi connectivity index (χ3v) is 6.72. The molecule has 0 aliphatic heterocycles. The second-order valence-corrected chi connectivity index (χ2v) is 8.84. The van der Waals surface area contributed by atoms with E-state index in [1.54, 1.807) is 7.05 Å². The Morgan fingerprint density at radius 3 is 2.82 bits per heavy atom. The zero-order chi connectivity index (χ0) is 19.1. The number of halogens is 1. The summed E-state index contributed by atoms with van der Waals surface area (Å²) >= 11 is 0. The molecule has 3 N–H and O–H groups in total. The van der Waals surface area contributed by atoms with Crippen molar-refractivity contribution in [3.8, 4) is 11.3 Å². The zero-order valence-electron chi connectivity index (χ0n) is 16.5. The second-order valence-electron chi connectivity index (χ2n) is 6.83. The molecule has 0 amide bonds. The summed E-state index contributed by atoms with van der Waals surface area (Å²) in [5, 5.41) is 7.11. The number of hydrogen-bond acceptors (Lipinski definition) is 3. The smallest absolute Gasteiger partial charge is 0.191 e. The Kier molecular flexibility index (Phi) is 9.43. The van der Waals surface area contributed by atoms with Crippen LogP contribution in [0.4, 0.5) is 0 Å². The van der Waals surface area contributed by atoms with Gasteiger partial charge < -0.3 is 15.6 Å². The average Bonchev–Trinajstić information content (AvgIpc) is 3.20. The van der Waals surface area contributed by atoms with Gasteiger partial charge in [-0.25, -0.2) is 4.98 Å². The van der Waals surface area contributed by atoms with Crippen LogP contribution in [0.25, 0.3) is 11.3 Å². The maximum absolute atomic E-state index is 12.1. The van der Waals surface area contributed by atoms with Crippen LogP contribution in [0.2, 0.25) is 0 Å². The minimum atomic E-state index is -0.715. The molecule has 3 unspecified atom stereocenters. The normalized spacial score (nSPS) is 20.9. The molecule has 0 bridgehead atoms. The number of rotatable bonds is 6. The minimum Gasteiger partial charge on any atom is -0.354 e. The molecule has 1 heterocycles. The highest BCUT2D eigenvalue weighted by Crippen LogP contribution is 2.23. The number of aromatic amines is 1. The monoisotopic (exact) mass is 515 g/mol. The Morgan fingerprint density at radius 2 is 2.11 bits per heavy atom. The van der Waals surface area contributed by atoms with E-state index in [2.05, 4.69) is 37.7 Å². The van der Waals surface area contributed by atoms with Crippen molar-refractivity contribution in [1.82, 2.24) is 20.6 Å². The molecule has 1 aliphatic carbocycles. The van der Waals surface area contributed by atoms with E-state index in [0.717, 1.165) is 54.5 Å². The maximum Gasteiger partial charge on any atom is 0.191 e. The van der Waals surface area contributed by atoms with Crippen molar-refractivity contribution in [2.24, 2.45) is 4.99 Å². The van der Waals surface area contributed by atoms with Crippen LogP contribution in [-0.2, 0) is 17.3 Å². The molecule has 8 heteroatoms. The van der Waals surface area contributed by atoms with Gasteiger partial charge in [-0.05, 0) is 24.8 Å². The van der Waals surface area contributed by atoms with Crippen molar-refractivity contribution < 1.29 is 4.21 Å². The van der Waals surface area contributed by atoms with Crippen LogP contribution in [0, 0.1) is 0 Å². The number of aromatic nitrogens is 2. The van der Waals surface area contributed by atoms with E-state index >= 15 is 0 Å². The molecule has 1 aromatic heterocycles. The van der Waals surface area contributed by atoms with Crippen molar-refractivity contribution in [3.05, 3.63) is 42.4 Å². The van der Waals surface area contributed by atoms with Gasteiger partial charge in [0.2, 0.25) is 0 Å². The van der Waals surface area contributed by atoms with E-state index in [-0.39, 0.29) is 24.0 Å². The van der Waals surface area contributed by atoms with Gasteiger partial charge >= 0.3 is 0 Å². The number of imidazole rings is 1. The van der Waals surface area contributed by atoms with Crippen molar-refractivity contribution in [1.29, 1.82) is 0 Å². The first kappa shape index (κ1) is 22.9. The quantitative estimate of drug-likeness (QED) is 0.313. The van der Waals surface area contributed by atoms with Gasteiger partial charge in [-0.3, -0.25) is 9.20 Å². The van der Waals surface area contributed by atoms with Crippen molar-refractivity contribution >= 4 is 40.7 Å². The van der Waals surface area contributed by atoms with Crippen LogP contribution in [0.3, 0.4) is 0 Å². The lowest BCUT2D eigenvalue weighted by atomic mass is 9.95. The molecule has 0 saturated heterocycles. The molecule has 2 aromatic rings. The molecule has 1 saturated carbocycles. The molecule has 154 valence electrons. The number of aliphatic imine (C=N–C) groups is 1. The van der Waals surface area contributed by atoms with Gasteiger partial charge in [0.15, 0.2) is 5.96 Å². The third kappa shape index (κ3) is 6.30. The van der Waals surface area contributed by atoms with Crippen molar-refractivity contribution in [2.45, 2.75) is 50.4 Å². The molecule has 1 aliphatic rings. The highest BCUT2D eigenvalue weighted by Gasteiger charge is 2.26. The van der Waals surface area contributed by atoms with Crippen molar-refractivity contribution in [3.63, 3.8) is 0 Å². The van der Waals surface area contributed by atoms with Crippen LogP contribution in [0.1, 0.15) is 38.4 Å². The molecule has 6 nitrogen and oxygen atoms in total. The van der Waals surface area contributed by atoms with Gasteiger partial charge in [0.25, 0.3) is 0 Å². The summed E-state index contributed by atoms with van der Waals surface area (Å²) < 4.78 is 12.1. The average molecular weight is 515 g/mol. The van der Waals surface area contributed by atoms with Gasteiger partial charge in [0, 0.05) is 34.9 Å². The van der Waals surface area contributed by atoms with E-state index in [1.165, 1.54) is 0 Å². The fraction of sp³-hybridized carbons (Fsp3) is 0.500. The fourth-order valence-electron chi connectivity index (χ4n) is 3.52. The number of benzene rings is 1. The Bertz CT molecular complexity index is 780. The van der Waals surface area contributed by atoms with E-state index in [9.17, 15) is 4.21 Å². The first-order valence-electron chi connectivity index (χ1n) is 9.63. The fourth-order valence-corrected chi connectivity index (χ4v) is 4.87. The largest absolute Gasteiger partial charge is 0.354 e. The number of guanidine groups is 1.